The van der Waals surface area contributed by atoms with Crippen LogP contribution < -0.4 is 5.56 Å². The highest BCUT2D eigenvalue weighted by molar-refractivity contribution is 6.30. The Balaban J connectivity index is 1.56. The molecule has 3 aromatic rings. The van der Waals surface area contributed by atoms with Crippen molar-refractivity contribution in [1.82, 2.24) is 14.9 Å². The molecular weight excluding hydrogens is 381 g/mol. The highest BCUT2D eigenvalue weighted by Crippen LogP contribution is 2.19. The SMILES string of the molecule is O=C(c1cccc(Cl)c1)N1CCc2nc(Cc3cccc(F)c3)[nH]c(=O)c2C1. The molecular formula is C21H17ClFN3O2. The van der Waals surface area contributed by atoms with Crippen molar-refractivity contribution in [3.63, 3.8) is 0 Å². The lowest BCUT2D eigenvalue weighted by Gasteiger charge is -2.28. The van der Waals surface area contributed by atoms with Crippen molar-refractivity contribution in [2.75, 3.05) is 6.54 Å². The van der Waals surface area contributed by atoms with Gasteiger partial charge in [-0.3, -0.25) is 9.59 Å². The van der Waals surface area contributed by atoms with Crippen LogP contribution in [0.2, 0.25) is 5.02 Å². The molecule has 5 nitrogen and oxygen atoms in total. The smallest absolute Gasteiger partial charge is 0.256 e. The molecule has 2 heterocycles. The fourth-order valence-corrected chi connectivity index (χ4v) is 3.57. The number of H-pyrrole nitrogens is 1. The van der Waals surface area contributed by atoms with Crippen LogP contribution in [0.15, 0.2) is 53.3 Å². The van der Waals surface area contributed by atoms with Crippen LogP contribution in [-0.2, 0) is 19.4 Å². The number of benzene rings is 2. The average molecular weight is 398 g/mol. The molecule has 0 unspecified atom stereocenters. The number of aromatic amines is 1. The molecule has 0 bridgehead atoms. The lowest BCUT2D eigenvalue weighted by molar-refractivity contribution is 0.0732. The van der Waals surface area contributed by atoms with E-state index in [1.165, 1.54) is 12.1 Å². The van der Waals surface area contributed by atoms with Crippen LogP contribution in [-0.4, -0.2) is 27.3 Å². The minimum absolute atomic E-state index is 0.170. The third-order valence-electron chi connectivity index (χ3n) is 4.74. The largest absolute Gasteiger partial charge is 0.334 e. The maximum absolute atomic E-state index is 13.4. The Morgan fingerprint density at radius 2 is 2.04 bits per heavy atom. The van der Waals surface area contributed by atoms with Gasteiger partial charge in [-0.05, 0) is 35.9 Å². The number of fused-ring (bicyclic) bond motifs is 1. The van der Waals surface area contributed by atoms with E-state index in [-0.39, 0.29) is 23.8 Å². The number of nitrogens with one attached hydrogen (secondary N) is 1. The van der Waals surface area contributed by atoms with E-state index < -0.39 is 0 Å². The fraction of sp³-hybridized carbons (Fsp3) is 0.190. The molecule has 7 heteroatoms. The molecule has 1 aromatic heterocycles. The molecule has 0 atom stereocenters. The molecule has 28 heavy (non-hydrogen) atoms. The Hall–Kier alpha value is -2.99. The van der Waals surface area contributed by atoms with E-state index in [9.17, 15) is 14.0 Å². The van der Waals surface area contributed by atoms with Gasteiger partial charge in [0, 0.05) is 30.0 Å². The van der Waals surface area contributed by atoms with Gasteiger partial charge in [-0.15, -0.1) is 0 Å². The number of amides is 1. The number of nitrogens with zero attached hydrogens (tertiary/aromatic N) is 2. The molecule has 1 aliphatic heterocycles. The number of halogens is 2. The third kappa shape index (κ3) is 3.82. The second-order valence-electron chi connectivity index (χ2n) is 6.73. The third-order valence-corrected chi connectivity index (χ3v) is 4.97. The van der Waals surface area contributed by atoms with Crippen molar-refractivity contribution < 1.29 is 9.18 Å². The molecule has 4 rings (SSSR count). The van der Waals surface area contributed by atoms with Gasteiger partial charge in [-0.2, -0.15) is 0 Å². The van der Waals surface area contributed by atoms with E-state index >= 15 is 0 Å². The lowest BCUT2D eigenvalue weighted by Crippen LogP contribution is -2.39. The van der Waals surface area contributed by atoms with Gasteiger partial charge >= 0.3 is 0 Å². The van der Waals surface area contributed by atoms with Crippen molar-refractivity contribution in [1.29, 1.82) is 0 Å². The summed E-state index contributed by atoms with van der Waals surface area (Å²) in [5.41, 5.74) is 2.13. The maximum Gasteiger partial charge on any atom is 0.256 e. The normalized spacial score (nSPS) is 13.3. The molecule has 0 saturated heterocycles. The number of rotatable bonds is 3. The summed E-state index contributed by atoms with van der Waals surface area (Å²) in [7, 11) is 0. The molecule has 1 N–H and O–H groups in total. The van der Waals surface area contributed by atoms with Crippen LogP contribution in [0.25, 0.3) is 0 Å². The predicted octanol–water partition coefficient (Wildman–Crippen LogP) is 3.35. The van der Waals surface area contributed by atoms with Gasteiger partial charge in [0.05, 0.1) is 17.8 Å². The zero-order valence-electron chi connectivity index (χ0n) is 14.9. The maximum atomic E-state index is 13.4. The van der Waals surface area contributed by atoms with Gasteiger partial charge in [0.2, 0.25) is 0 Å². The highest BCUT2D eigenvalue weighted by atomic mass is 35.5. The summed E-state index contributed by atoms with van der Waals surface area (Å²) in [6, 6.07) is 13.0. The molecule has 0 saturated carbocycles. The van der Waals surface area contributed by atoms with Gasteiger partial charge in [0.15, 0.2) is 0 Å². The molecule has 1 aliphatic rings. The number of aromatic nitrogens is 2. The van der Waals surface area contributed by atoms with Crippen LogP contribution >= 0.6 is 11.6 Å². The molecule has 0 radical (unpaired) electrons. The summed E-state index contributed by atoms with van der Waals surface area (Å²) in [4.78, 5) is 34.2. The van der Waals surface area contributed by atoms with E-state index in [0.717, 1.165) is 5.56 Å². The Morgan fingerprint density at radius 1 is 1.21 bits per heavy atom. The summed E-state index contributed by atoms with van der Waals surface area (Å²) < 4.78 is 13.4. The highest BCUT2D eigenvalue weighted by Gasteiger charge is 2.25. The summed E-state index contributed by atoms with van der Waals surface area (Å²) in [5, 5.41) is 0.491. The van der Waals surface area contributed by atoms with Crippen LogP contribution in [0.3, 0.4) is 0 Å². The molecule has 142 valence electrons. The summed E-state index contributed by atoms with van der Waals surface area (Å²) in [6.07, 6.45) is 0.827. The van der Waals surface area contributed by atoms with Crippen molar-refractivity contribution in [3.05, 3.63) is 97.9 Å². The van der Waals surface area contributed by atoms with Crippen molar-refractivity contribution in [3.8, 4) is 0 Å². The first-order valence-corrected chi connectivity index (χ1v) is 9.27. The standard InChI is InChI=1S/C21H17ClFN3O2/c22-15-5-2-4-14(11-15)21(28)26-8-7-18-17(12-26)20(27)25-19(24-18)10-13-3-1-6-16(23)9-13/h1-6,9,11H,7-8,10,12H2,(H,24,25,27). The lowest BCUT2D eigenvalue weighted by atomic mass is 10.0. The molecule has 1 amide bonds. The van der Waals surface area contributed by atoms with E-state index in [1.54, 1.807) is 41.3 Å². The second-order valence-corrected chi connectivity index (χ2v) is 7.17. The quantitative estimate of drug-likeness (QED) is 0.737. The molecule has 2 aromatic carbocycles. The van der Waals surface area contributed by atoms with E-state index in [1.807, 2.05) is 0 Å². The number of carbonyl (C=O) groups is 1. The second kappa shape index (κ2) is 7.56. The first-order chi connectivity index (χ1) is 13.5. The summed E-state index contributed by atoms with van der Waals surface area (Å²) in [5.74, 6) is -0.00617. The summed E-state index contributed by atoms with van der Waals surface area (Å²) in [6.45, 7) is 0.664. The Labute approximate surface area is 165 Å². The predicted molar refractivity (Wildman–Crippen MR) is 104 cm³/mol. The van der Waals surface area contributed by atoms with Crippen molar-refractivity contribution in [2.24, 2.45) is 0 Å². The monoisotopic (exact) mass is 397 g/mol. The van der Waals surface area contributed by atoms with E-state index in [2.05, 4.69) is 9.97 Å². The van der Waals surface area contributed by atoms with Gasteiger partial charge in [-0.1, -0.05) is 29.8 Å². The topological polar surface area (TPSA) is 66.1 Å². The van der Waals surface area contributed by atoms with Crippen LogP contribution in [0, 0.1) is 5.82 Å². The van der Waals surface area contributed by atoms with E-state index in [0.29, 0.717) is 47.1 Å². The summed E-state index contributed by atoms with van der Waals surface area (Å²) >= 11 is 5.97. The van der Waals surface area contributed by atoms with Crippen LogP contribution in [0.5, 0.6) is 0 Å². The van der Waals surface area contributed by atoms with E-state index in [4.69, 9.17) is 11.6 Å². The molecule has 0 fully saturated rings. The fourth-order valence-electron chi connectivity index (χ4n) is 3.38. The van der Waals surface area contributed by atoms with Gasteiger partial charge in [-0.25, -0.2) is 9.37 Å². The molecule has 0 aliphatic carbocycles. The zero-order valence-corrected chi connectivity index (χ0v) is 15.7. The minimum atomic E-state index is -0.326. The Kier molecular flexibility index (Phi) is 4.96. The number of carbonyl (C=O) groups excluding carboxylic acids is 1. The van der Waals surface area contributed by atoms with Gasteiger partial charge < -0.3 is 9.88 Å². The van der Waals surface area contributed by atoms with Crippen molar-refractivity contribution in [2.45, 2.75) is 19.4 Å². The zero-order chi connectivity index (χ0) is 19.7. The van der Waals surface area contributed by atoms with Crippen LogP contribution in [0.4, 0.5) is 4.39 Å². The average Bonchev–Trinajstić information content (AvgIpc) is 2.67. The Bertz CT molecular complexity index is 1110. The van der Waals surface area contributed by atoms with Gasteiger partial charge in [0.25, 0.3) is 11.5 Å². The minimum Gasteiger partial charge on any atom is -0.334 e. The van der Waals surface area contributed by atoms with Gasteiger partial charge in [0.1, 0.15) is 11.6 Å². The Morgan fingerprint density at radius 3 is 2.82 bits per heavy atom. The van der Waals surface area contributed by atoms with Crippen molar-refractivity contribution >= 4 is 17.5 Å². The molecule has 0 spiro atoms. The van der Waals surface area contributed by atoms with Crippen LogP contribution in [0.1, 0.15) is 33.0 Å². The first kappa shape index (κ1) is 18.4. The number of hydrogen-bond donors (Lipinski definition) is 1. The first-order valence-electron chi connectivity index (χ1n) is 8.90. The number of hydrogen-bond acceptors (Lipinski definition) is 3.